The minimum Gasteiger partial charge on any atom is -0.481 e. The van der Waals surface area contributed by atoms with Crippen LogP contribution in [-0.4, -0.2) is 17.9 Å². The molecule has 0 saturated carbocycles. The molecule has 1 atom stereocenters. The smallest absolute Gasteiger partial charge is 0.265 e. The molecular formula is C22H16Cl2F2N2O3. The number of hydrogen-bond acceptors (Lipinski definition) is 3. The summed E-state index contributed by atoms with van der Waals surface area (Å²) in [6, 6.07) is 14.0. The largest absolute Gasteiger partial charge is 0.481 e. The summed E-state index contributed by atoms with van der Waals surface area (Å²) in [6.07, 6.45) is -0.949. The Labute approximate surface area is 186 Å². The lowest BCUT2D eigenvalue weighted by atomic mass is 10.2. The molecule has 0 saturated heterocycles. The van der Waals surface area contributed by atoms with Gasteiger partial charge in [0, 0.05) is 10.6 Å². The first-order valence-corrected chi connectivity index (χ1v) is 9.78. The molecule has 0 radical (unpaired) electrons. The van der Waals surface area contributed by atoms with Gasteiger partial charge in [0.25, 0.3) is 11.8 Å². The maximum atomic E-state index is 13.9. The molecule has 3 aromatic rings. The van der Waals surface area contributed by atoms with Gasteiger partial charge in [0.05, 0.1) is 16.4 Å². The van der Waals surface area contributed by atoms with Gasteiger partial charge in [0.2, 0.25) is 0 Å². The Bertz CT molecular complexity index is 1120. The molecule has 0 aliphatic rings. The summed E-state index contributed by atoms with van der Waals surface area (Å²) < 4.78 is 33.3. The highest BCUT2D eigenvalue weighted by atomic mass is 35.5. The summed E-state index contributed by atoms with van der Waals surface area (Å²) in [7, 11) is 0. The maximum Gasteiger partial charge on any atom is 0.265 e. The predicted octanol–water partition coefficient (Wildman–Crippen LogP) is 5.93. The molecule has 5 nitrogen and oxygen atoms in total. The van der Waals surface area contributed by atoms with Crippen molar-refractivity contribution in [2.75, 3.05) is 10.6 Å². The van der Waals surface area contributed by atoms with Crippen molar-refractivity contribution in [2.24, 2.45) is 0 Å². The Morgan fingerprint density at radius 3 is 2.32 bits per heavy atom. The second kappa shape index (κ2) is 9.76. The van der Waals surface area contributed by atoms with Gasteiger partial charge < -0.3 is 15.4 Å². The topological polar surface area (TPSA) is 67.4 Å². The highest BCUT2D eigenvalue weighted by Gasteiger charge is 2.17. The molecule has 160 valence electrons. The first kappa shape index (κ1) is 22.5. The van der Waals surface area contributed by atoms with Crippen molar-refractivity contribution in [2.45, 2.75) is 13.0 Å². The van der Waals surface area contributed by atoms with E-state index in [0.717, 1.165) is 6.07 Å². The summed E-state index contributed by atoms with van der Waals surface area (Å²) in [4.78, 5) is 24.6. The molecule has 0 unspecified atom stereocenters. The number of anilines is 2. The number of benzene rings is 3. The molecule has 0 aliphatic heterocycles. The normalized spacial score (nSPS) is 11.5. The predicted molar refractivity (Wildman–Crippen MR) is 116 cm³/mol. The van der Waals surface area contributed by atoms with Crippen LogP contribution in [0.1, 0.15) is 17.3 Å². The third-order valence-corrected chi connectivity index (χ3v) is 4.71. The number of carbonyl (C=O) groups excluding carboxylic acids is 2. The zero-order valence-electron chi connectivity index (χ0n) is 16.1. The average molecular weight is 465 g/mol. The Balaban J connectivity index is 1.61. The fourth-order valence-corrected chi connectivity index (χ4v) is 2.90. The summed E-state index contributed by atoms with van der Waals surface area (Å²) in [6.45, 7) is 1.49. The molecule has 0 aromatic heterocycles. The van der Waals surface area contributed by atoms with Crippen molar-refractivity contribution < 1.29 is 23.1 Å². The number of carbonyl (C=O) groups is 2. The van der Waals surface area contributed by atoms with Gasteiger partial charge in [-0.3, -0.25) is 9.59 Å². The minimum absolute atomic E-state index is 0.0230. The molecule has 9 heteroatoms. The lowest BCUT2D eigenvalue weighted by Gasteiger charge is -2.15. The molecule has 0 heterocycles. The van der Waals surface area contributed by atoms with Crippen molar-refractivity contribution in [3.05, 3.63) is 87.9 Å². The van der Waals surface area contributed by atoms with E-state index < -0.39 is 29.6 Å². The quantitative estimate of drug-likeness (QED) is 0.474. The molecule has 3 rings (SSSR count). The van der Waals surface area contributed by atoms with E-state index >= 15 is 0 Å². The van der Waals surface area contributed by atoms with Crippen LogP contribution < -0.4 is 15.4 Å². The van der Waals surface area contributed by atoms with Crippen LogP contribution in [0.3, 0.4) is 0 Å². The summed E-state index contributed by atoms with van der Waals surface area (Å²) in [5.41, 5.74) is 0.176. The molecule has 0 bridgehead atoms. The highest BCUT2D eigenvalue weighted by Crippen LogP contribution is 2.23. The monoisotopic (exact) mass is 464 g/mol. The zero-order chi connectivity index (χ0) is 22.5. The lowest BCUT2D eigenvalue weighted by Crippen LogP contribution is -2.30. The van der Waals surface area contributed by atoms with Gasteiger partial charge in [-0.2, -0.15) is 0 Å². The first-order chi connectivity index (χ1) is 14.7. The Hall–Kier alpha value is -3.16. The van der Waals surface area contributed by atoms with Crippen molar-refractivity contribution in [3.63, 3.8) is 0 Å². The third kappa shape index (κ3) is 5.71. The summed E-state index contributed by atoms with van der Waals surface area (Å²) in [5.74, 6) is -2.20. The van der Waals surface area contributed by atoms with Gasteiger partial charge in [-0.1, -0.05) is 29.3 Å². The molecular weight excluding hydrogens is 449 g/mol. The van der Waals surface area contributed by atoms with E-state index in [1.54, 1.807) is 0 Å². The second-order valence-electron chi connectivity index (χ2n) is 6.45. The zero-order valence-corrected chi connectivity index (χ0v) is 17.6. The highest BCUT2D eigenvalue weighted by molar-refractivity contribution is 6.31. The van der Waals surface area contributed by atoms with Gasteiger partial charge in [0.1, 0.15) is 11.6 Å². The Morgan fingerprint density at radius 1 is 0.935 bits per heavy atom. The molecule has 0 aliphatic carbocycles. The van der Waals surface area contributed by atoms with E-state index in [1.807, 2.05) is 0 Å². The van der Waals surface area contributed by atoms with Crippen LogP contribution in [0.2, 0.25) is 10.0 Å². The molecule has 0 spiro atoms. The first-order valence-electron chi connectivity index (χ1n) is 9.02. The van der Waals surface area contributed by atoms with Crippen LogP contribution in [0.4, 0.5) is 20.2 Å². The molecule has 0 fully saturated rings. The number of halogens is 4. The number of ether oxygens (including phenoxy) is 1. The number of rotatable bonds is 6. The number of amides is 2. The van der Waals surface area contributed by atoms with E-state index in [0.29, 0.717) is 5.75 Å². The lowest BCUT2D eigenvalue weighted by molar-refractivity contribution is -0.122. The van der Waals surface area contributed by atoms with Crippen molar-refractivity contribution in [1.82, 2.24) is 0 Å². The summed E-state index contributed by atoms with van der Waals surface area (Å²) >= 11 is 11.4. The van der Waals surface area contributed by atoms with Crippen molar-refractivity contribution in [3.8, 4) is 5.75 Å². The standard InChI is InChI=1S/C22H16Cl2F2N2O3/c1-12(21(29)27-18-10-7-14(23)11-17(18)25)31-15-8-5-13(6-9-15)22(30)28-19-4-2-3-16(24)20(19)26/h2-12H,1H3,(H,27,29)(H,28,30)/t12-/m0/s1. The Morgan fingerprint density at radius 2 is 1.65 bits per heavy atom. The van der Waals surface area contributed by atoms with Gasteiger partial charge in [-0.25, -0.2) is 8.78 Å². The van der Waals surface area contributed by atoms with Crippen LogP contribution in [0.5, 0.6) is 5.75 Å². The fourth-order valence-electron chi connectivity index (χ4n) is 2.56. The minimum atomic E-state index is -0.949. The van der Waals surface area contributed by atoms with Crippen LogP contribution >= 0.6 is 23.2 Å². The second-order valence-corrected chi connectivity index (χ2v) is 7.30. The number of hydrogen-bond donors (Lipinski definition) is 2. The maximum absolute atomic E-state index is 13.9. The molecule has 2 N–H and O–H groups in total. The van der Waals surface area contributed by atoms with Crippen LogP contribution in [0.15, 0.2) is 60.7 Å². The van der Waals surface area contributed by atoms with Crippen molar-refractivity contribution >= 4 is 46.4 Å². The SMILES string of the molecule is C[C@H](Oc1ccc(C(=O)Nc2cccc(Cl)c2F)cc1)C(=O)Nc1ccc(Cl)cc1F. The van der Waals surface area contributed by atoms with E-state index in [1.165, 1.54) is 61.5 Å². The van der Waals surface area contributed by atoms with Crippen molar-refractivity contribution in [1.29, 1.82) is 0 Å². The third-order valence-electron chi connectivity index (χ3n) is 4.19. The van der Waals surface area contributed by atoms with E-state index in [-0.39, 0.29) is 27.0 Å². The molecule has 31 heavy (non-hydrogen) atoms. The van der Waals surface area contributed by atoms with E-state index in [4.69, 9.17) is 27.9 Å². The fraction of sp³-hybridized carbons (Fsp3) is 0.0909. The van der Waals surface area contributed by atoms with E-state index in [9.17, 15) is 18.4 Å². The van der Waals surface area contributed by atoms with Crippen LogP contribution in [-0.2, 0) is 4.79 Å². The van der Waals surface area contributed by atoms with Gasteiger partial charge >= 0.3 is 0 Å². The van der Waals surface area contributed by atoms with Gasteiger partial charge in [0.15, 0.2) is 11.9 Å². The van der Waals surface area contributed by atoms with Gasteiger partial charge in [-0.05, 0) is 61.5 Å². The Kier molecular flexibility index (Phi) is 7.09. The van der Waals surface area contributed by atoms with Crippen LogP contribution in [0, 0.1) is 11.6 Å². The molecule has 3 aromatic carbocycles. The average Bonchev–Trinajstić information content (AvgIpc) is 2.73. The van der Waals surface area contributed by atoms with Crippen LogP contribution in [0.25, 0.3) is 0 Å². The summed E-state index contributed by atoms with van der Waals surface area (Å²) in [5, 5.41) is 4.96. The molecule has 2 amide bonds. The number of nitrogens with one attached hydrogen (secondary N) is 2. The van der Waals surface area contributed by atoms with Gasteiger partial charge in [-0.15, -0.1) is 0 Å². The van der Waals surface area contributed by atoms with E-state index in [2.05, 4.69) is 10.6 Å².